The third-order valence-electron chi connectivity index (χ3n) is 9.05. The molecular formula is C37H48ClN7O4Si. The van der Waals surface area contributed by atoms with Gasteiger partial charge in [-0.05, 0) is 83.7 Å². The van der Waals surface area contributed by atoms with Crippen molar-refractivity contribution < 1.29 is 19.0 Å². The van der Waals surface area contributed by atoms with E-state index in [0.717, 1.165) is 60.2 Å². The van der Waals surface area contributed by atoms with E-state index in [1.807, 2.05) is 75.8 Å². The lowest BCUT2D eigenvalue weighted by molar-refractivity contribution is 0.0177. The highest BCUT2D eigenvalue weighted by Crippen LogP contribution is 2.36. The molecule has 0 unspecified atom stereocenters. The normalized spacial score (nSPS) is 14.5. The summed E-state index contributed by atoms with van der Waals surface area (Å²) in [6.45, 7) is 20.0. The summed E-state index contributed by atoms with van der Waals surface area (Å²) in [6, 6.07) is 10.6. The second-order valence-corrected chi connectivity index (χ2v) is 21.4. The number of hydrogen-bond acceptors (Lipinski definition) is 8. The average Bonchev–Trinajstić information content (AvgIpc) is 3.57. The number of hydrogen-bond donors (Lipinski definition) is 0. The number of carbonyl (C=O) groups excluding carboxylic acids is 1. The predicted octanol–water partition coefficient (Wildman–Crippen LogP) is 8.86. The van der Waals surface area contributed by atoms with Crippen molar-refractivity contribution in [3.8, 4) is 22.8 Å². The molecule has 13 heteroatoms. The highest BCUT2D eigenvalue weighted by molar-refractivity contribution is 6.76. The molecule has 5 aromatic rings. The number of likely N-dealkylation sites (tertiary alicyclic amines) is 1. The second kappa shape index (κ2) is 14.3. The summed E-state index contributed by atoms with van der Waals surface area (Å²) >= 11 is 6.95. The minimum absolute atomic E-state index is 0.243. The molecule has 1 aliphatic heterocycles. The molecule has 6 rings (SSSR count). The van der Waals surface area contributed by atoms with E-state index in [4.69, 9.17) is 40.9 Å². The van der Waals surface area contributed by atoms with Gasteiger partial charge < -0.3 is 23.7 Å². The molecule has 266 valence electrons. The highest BCUT2D eigenvalue weighted by atomic mass is 35.5. The number of imidazole rings is 1. The van der Waals surface area contributed by atoms with Crippen LogP contribution in [-0.2, 0) is 22.7 Å². The van der Waals surface area contributed by atoms with Crippen molar-refractivity contribution in [2.45, 2.75) is 92.0 Å². The molecule has 3 aromatic heterocycles. The monoisotopic (exact) mass is 717 g/mol. The van der Waals surface area contributed by atoms with E-state index in [0.29, 0.717) is 59.0 Å². The Morgan fingerprint density at radius 1 is 1.02 bits per heavy atom. The maximum Gasteiger partial charge on any atom is 0.410 e. The van der Waals surface area contributed by atoms with Gasteiger partial charge in [-0.15, -0.1) is 0 Å². The van der Waals surface area contributed by atoms with Gasteiger partial charge in [-0.2, -0.15) is 5.10 Å². The number of benzene rings is 2. The largest absolute Gasteiger partial charge is 0.456 e. The summed E-state index contributed by atoms with van der Waals surface area (Å²) in [5.41, 5.74) is 5.14. The van der Waals surface area contributed by atoms with Gasteiger partial charge in [0.25, 0.3) is 0 Å². The van der Waals surface area contributed by atoms with Crippen molar-refractivity contribution in [1.82, 2.24) is 34.2 Å². The number of aromatic nitrogens is 6. The zero-order valence-corrected chi connectivity index (χ0v) is 32.2. The van der Waals surface area contributed by atoms with Gasteiger partial charge in [0.1, 0.15) is 40.2 Å². The maximum atomic E-state index is 12.5. The number of rotatable bonds is 10. The van der Waals surface area contributed by atoms with Gasteiger partial charge in [-0.1, -0.05) is 31.2 Å². The van der Waals surface area contributed by atoms with Crippen molar-refractivity contribution in [3.63, 3.8) is 0 Å². The van der Waals surface area contributed by atoms with Crippen molar-refractivity contribution in [2.75, 3.05) is 19.7 Å². The molecule has 1 fully saturated rings. The van der Waals surface area contributed by atoms with E-state index in [1.54, 1.807) is 11.1 Å². The molecule has 0 aliphatic carbocycles. The first-order chi connectivity index (χ1) is 23.6. The Morgan fingerprint density at radius 3 is 2.48 bits per heavy atom. The summed E-state index contributed by atoms with van der Waals surface area (Å²) in [5, 5.41) is 5.09. The second-order valence-electron chi connectivity index (χ2n) is 15.4. The topological polar surface area (TPSA) is 109 Å². The molecule has 1 aliphatic rings. The fourth-order valence-corrected chi connectivity index (χ4v) is 7.09. The lowest BCUT2D eigenvalue weighted by atomic mass is 9.97. The summed E-state index contributed by atoms with van der Waals surface area (Å²) in [5.74, 6) is 2.42. The first-order valence-corrected chi connectivity index (χ1v) is 21.4. The van der Waals surface area contributed by atoms with Crippen LogP contribution in [0.4, 0.5) is 4.79 Å². The number of piperidine rings is 1. The summed E-state index contributed by atoms with van der Waals surface area (Å²) in [6.07, 6.45) is 5.14. The van der Waals surface area contributed by atoms with E-state index in [1.165, 1.54) is 0 Å². The van der Waals surface area contributed by atoms with Crippen LogP contribution in [0.5, 0.6) is 11.5 Å². The minimum Gasteiger partial charge on any atom is -0.456 e. The average molecular weight is 718 g/mol. The fourth-order valence-electron chi connectivity index (χ4n) is 6.10. The molecule has 1 amide bonds. The molecule has 0 bridgehead atoms. The molecular weight excluding hydrogens is 670 g/mol. The Bertz CT molecular complexity index is 2010. The molecule has 4 heterocycles. The van der Waals surface area contributed by atoms with Crippen LogP contribution in [0.25, 0.3) is 33.3 Å². The van der Waals surface area contributed by atoms with Crippen LogP contribution in [-0.4, -0.2) is 73.7 Å². The Morgan fingerprint density at radius 2 is 1.76 bits per heavy atom. The van der Waals surface area contributed by atoms with Gasteiger partial charge >= 0.3 is 6.09 Å². The highest BCUT2D eigenvalue weighted by Gasteiger charge is 2.28. The van der Waals surface area contributed by atoms with Gasteiger partial charge in [0, 0.05) is 51.6 Å². The van der Waals surface area contributed by atoms with Gasteiger partial charge in [-0.25, -0.2) is 14.8 Å². The quantitative estimate of drug-likeness (QED) is 0.104. The van der Waals surface area contributed by atoms with Crippen molar-refractivity contribution in [3.05, 3.63) is 59.3 Å². The van der Waals surface area contributed by atoms with Crippen LogP contribution >= 0.6 is 11.6 Å². The first-order valence-electron chi connectivity index (χ1n) is 17.3. The fraction of sp³-hybridized carbons (Fsp3) is 0.486. The summed E-state index contributed by atoms with van der Waals surface area (Å²) in [4.78, 5) is 28.6. The zero-order chi connectivity index (χ0) is 35.8. The van der Waals surface area contributed by atoms with Crippen molar-refractivity contribution >= 4 is 47.8 Å². The summed E-state index contributed by atoms with van der Waals surface area (Å²) in [7, 11) is -1.18. The zero-order valence-electron chi connectivity index (χ0n) is 30.4. The third kappa shape index (κ3) is 8.30. The Balaban J connectivity index is 1.16. The molecule has 1 saturated heterocycles. The predicted molar refractivity (Wildman–Crippen MR) is 200 cm³/mol. The number of amides is 1. The molecule has 2 aromatic carbocycles. The smallest absolute Gasteiger partial charge is 0.410 e. The van der Waals surface area contributed by atoms with E-state index in [9.17, 15) is 4.79 Å². The third-order valence-corrected chi connectivity index (χ3v) is 11.1. The number of aryl methyl sites for hydroxylation is 1. The van der Waals surface area contributed by atoms with Crippen LogP contribution in [0.3, 0.4) is 0 Å². The van der Waals surface area contributed by atoms with Crippen molar-refractivity contribution in [1.29, 1.82) is 0 Å². The Labute approximate surface area is 299 Å². The van der Waals surface area contributed by atoms with Gasteiger partial charge in [-0.3, -0.25) is 9.67 Å². The van der Waals surface area contributed by atoms with Crippen molar-refractivity contribution in [2.24, 2.45) is 5.92 Å². The molecule has 11 nitrogen and oxygen atoms in total. The molecule has 0 spiro atoms. The van der Waals surface area contributed by atoms with Crippen LogP contribution in [0.15, 0.2) is 42.7 Å². The van der Waals surface area contributed by atoms with Gasteiger partial charge in [0.05, 0.1) is 34.6 Å². The summed E-state index contributed by atoms with van der Waals surface area (Å²) < 4.78 is 22.0. The van der Waals surface area contributed by atoms with Gasteiger partial charge in [0.2, 0.25) is 0 Å². The van der Waals surface area contributed by atoms with E-state index < -0.39 is 13.7 Å². The van der Waals surface area contributed by atoms with Crippen LogP contribution in [0, 0.1) is 19.8 Å². The van der Waals surface area contributed by atoms with E-state index in [-0.39, 0.29) is 6.09 Å². The van der Waals surface area contributed by atoms with E-state index >= 15 is 0 Å². The molecule has 0 radical (unpaired) electrons. The van der Waals surface area contributed by atoms with E-state index in [2.05, 4.69) is 29.2 Å². The Hall–Kier alpha value is -4.00. The minimum atomic E-state index is -1.18. The molecule has 50 heavy (non-hydrogen) atoms. The van der Waals surface area contributed by atoms with Crippen LogP contribution < -0.4 is 4.74 Å². The molecule has 0 atom stereocenters. The molecule has 0 saturated carbocycles. The Kier molecular flexibility index (Phi) is 10.3. The lowest BCUT2D eigenvalue weighted by Crippen LogP contribution is -2.42. The SMILES string of the molecule is Cc1c(-c2cnc3ccc(Oc4ccc5nc(C)n(COCC[Si](C)(C)C)c5c4)c(Cl)c3n2)cnn1CC1CCN(C(=O)OC(C)(C)C)CC1. The first kappa shape index (κ1) is 35.8. The number of nitrogens with zero attached hydrogens (tertiary/aromatic N) is 7. The lowest BCUT2D eigenvalue weighted by Gasteiger charge is -2.33. The standard InChI is InChI=1S/C37H48ClN7O4Si/c1-24-28(20-40-45(24)22-26-13-15-43(16-14-26)36(46)49-37(3,4)5)31-21-39-30-11-12-33(34(38)35(30)42-31)48-27-9-10-29-32(19-27)44(25(2)41-29)23-47-17-18-50(6,7)8/h9-12,19-21,26H,13-18,22-23H2,1-8H3. The number of ether oxygens (including phenoxy) is 3. The van der Waals surface area contributed by atoms with Crippen LogP contribution in [0.1, 0.15) is 45.1 Å². The van der Waals surface area contributed by atoms with Crippen LogP contribution in [0.2, 0.25) is 30.7 Å². The maximum absolute atomic E-state index is 12.5. The number of halogens is 1. The number of fused-ring (bicyclic) bond motifs is 2. The van der Waals surface area contributed by atoms with Gasteiger partial charge in [0.15, 0.2) is 0 Å². The molecule has 0 N–H and O–H groups in total. The number of carbonyl (C=O) groups is 1.